The van der Waals surface area contributed by atoms with Crippen molar-refractivity contribution in [2.45, 2.75) is 56.9 Å². The van der Waals surface area contributed by atoms with Gasteiger partial charge < -0.3 is 15.2 Å². The molecule has 1 aromatic heterocycles. The number of nitrogens with one attached hydrogen (secondary N) is 2. The number of nitrogens with zero attached hydrogens (tertiary/aromatic N) is 2. The minimum Gasteiger partial charge on any atom is -0.358 e. The molecule has 2 aromatic carbocycles. The summed E-state index contributed by atoms with van der Waals surface area (Å²) in [5.74, 6) is 1.51. The molecule has 4 nitrogen and oxygen atoms in total. The average Bonchev–Trinajstić information content (AvgIpc) is 3.57. The Morgan fingerprint density at radius 2 is 1.76 bits per heavy atom. The van der Waals surface area contributed by atoms with Gasteiger partial charge in [0.2, 0.25) is 0 Å². The number of aromatic nitrogens is 1. The van der Waals surface area contributed by atoms with Crippen LogP contribution < -0.4 is 5.32 Å². The van der Waals surface area contributed by atoms with E-state index < -0.39 is 0 Å². The maximum atomic E-state index is 9.16. The molecular weight excluding hydrogens is 416 g/mol. The first kappa shape index (κ1) is 21.9. The Morgan fingerprint density at radius 1 is 0.971 bits per heavy atom. The molecule has 2 N–H and O–H groups in total. The zero-order chi connectivity index (χ0) is 23.0. The number of rotatable bonds is 5. The largest absolute Gasteiger partial charge is 0.358 e. The molecule has 0 amide bonds. The van der Waals surface area contributed by atoms with Crippen LogP contribution in [0, 0.1) is 23.2 Å². The summed E-state index contributed by atoms with van der Waals surface area (Å²) in [6.45, 7) is 4.62. The van der Waals surface area contributed by atoms with Gasteiger partial charge in [0.15, 0.2) is 0 Å². The van der Waals surface area contributed by atoms with Gasteiger partial charge in [-0.15, -0.1) is 0 Å². The van der Waals surface area contributed by atoms with Crippen molar-refractivity contribution in [3.05, 3.63) is 70.9 Å². The lowest BCUT2D eigenvalue weighted by Crippen LogP contribution is -2.58. The van der Waals surface area contributed by atoms with Gasteiger partial charge in [0.05, 0.1) is 11.6 Å². The van der Waals surface area contributed by atoms with Gasteiger partial charge in [-0.1, -0.05) is 37.1 Å². The number of aromatic amines is 1. The zero-order valence-electron chi connectivity index (χ0n) is 20.2. The van der Waals surface area contributed by atoms with Crippen LogP contribution >= 0.6 is 0 Å². The number of likely N-dealkylation sites (tertiary alicyclic amines) is 1. The fourth-order valence-corrected chi connectivity index (χ4v) is 7.37. The van der Waals surface area contributed by atoms with Gasteiger partial charge in [0.1, 0.15) is 0 Å². The standard InChI is InChI=1S/C30H36N4/c31-21-22-9-10-29-24(19-22)20-27(33-29)14-18-34-16-12-26(13-17-34)30(25-6-2-3-7-25)28-8-4-1-5-23(28)11-15-32-30/h1,4-5,8-10,19-20,25-26,32-33H,2-3,6-7,11-18H2. The van der Waals surface area contributed by atoms with Crippen LogP contribution in [0.5, 0.6) is 0 Å². The summed E-state index contributed by atoms with van der Waals surface area (Å²) >= 11 is 0. The number of hydrogen-bond donors (Lipinski definition) is 2. The molecule has 3 aromatic rings. The molecule has 4 heteroatoms. The van der Waals surface area contributed by atoms with E-state index in [1.807, 2.05) is 18.2 Å². The lowest BCUT2D eigenvalue weighted by Gasteiger charge is -2.52. The number of benzene rings is 2. The first-order chi connectivity index (χ1) is 16.8. The van der Waals surface area contributed by atoms with Gasteiger partial charge in [-0.2, -0.15) is 5.26 Å². The summed E-state index contributed by atoms with van der Waals surface area (Å²) < 4.78 is 0. The minimum absolute atomic E-state index is 0.188. The van der Waals surface area contributed by atoms with Crippen molar-refractivity contribution in [1.82, 2.24) is 15.2 Å². The van der Waals surface area contributed by atoms with Gasteiger partial charge >= 0.3 is 0 Å². The number of piperidine rings is 1. The van der Waals surface area contributed by atoms with Crippen molar-refractivity contribution in [3.63, 3.8) is 0 Å². The van der Waals surface area contributed by atoms with Gasteiger partial charge in [-0.3, -0.25) is 0 Å². The Morgan fingerprint density at radius 3 is 2.59 bits per heavy atom. The van der Waals surface area contributed by atoms with Crippen molar-refractivity contribution in [3.8, 4) is 6.07 Å². The van der Waals surface area contributed by atoms with Gasteiger partial charge in [-0.25, -0.2) is 0 Å². The van der Waals surface area contributed by atoms with E-state index in [1.165, 1.54) is 63.7 Å². The van der Waals surface area contributed by atoms with E-state index in [9.17, 15) is 0 Å². The molecule has 176 valence electrons. The monoisotopic (exact) mass is 452 g/mol. The van der Waals surface area contributed by atoms with Crippen LogP contribution in [0.25, 0.3) is 10.9 Å². The highest BCUT2D eigenvalue weighted by Crippen LogP contribution is 2.50. The van der Waals surface area contributed by atoms with Crippen LogP contribution in [0.1, 0.15) is 60.9 Å². The maximum Gasteiger partial charge on any atom is 0.0991 e. The van der Waals surface area contributed by atoms with Crippen molar-refractivity contribution in [2.75, 3.05) is 26.2 Å². The fraction of sp³-hybridized carbons (Fsp3) is 0.500. The summed E-state index contributed by atoms with van der Waals surface area (Å²) in [5.41, 5.74) is 6.54. The molecule has 2 fully saturated rings. The molecule has 0 radical (unpaired) electrons. The molecule has 1 unspecified atom stereocenters. The first-order valence-electron chi connectivity index (χ1n) is 13.3. The Kier molecular flexibility index (Phi) is 5.93. The van der Waals surface area contributed by atoms with Gasteiger partial charge in [0, 0.05) is 41.6 Å². The summed E-state index contributed by atoms with van der Waals surface area (Å²) in [5, 5.41) is 14.5. The second kappa shape index (κ2) is 9.21. The quantitative estimate of drug-likeness (QED) is 0.535. The number of fused-ring (bicyclic) bond motifs is 2. The molecule has 0 bridgehead atoms. The average molecular weight is 453 g/mol. The van der Waals surface area contributed by atoms with E-state index in [0.29, 0.717) is 0 Å². The lowest BCUT2D eigenvalue weighted by atomic mass is 9.63. The molecule has 34 heavy (non-hydrogen) atoms. The summed E-state index contributed by atoms with van der Waals surface area (Å²) in [7, 11) is 0. The molecule has 3 heterocycles. The second-order valence-electron chi connectivity index (χ2n) is 10.8. The third-order valence-corrected chi connectivity index (χ3v) is 9.01. The van der Waals surface area contributed by atoms with Crippen LogP contribution in [0.4, 0.5) is 0 Å². The number of nitriles is 1. The normalized spacial score (nSPS) is 24.3. The SMILES string of the molecule is N#Cc1ccc2[nH]c(CCN3CCC(C4(C5CCCC5)NCCc5ccccc54)CC3)cc2c1. The molecule has 1 aliphatic carbocycles. The van der Waals surface area contributed by atoms with Gasteiger partial charge in [0.25, 0.3) is 0 Å². The summed E-state index contributed by atoms with van der Waals surface area (Å²) in [6, 6.07) is 19.7. The molecule has 2 aliphatic heterocycles. The van der Waals surface area contributed by atoms with Crippen molar-refractivity contribution in [1.29, 1.82) is 5.26 Å². The first-order valence-corrected chi connectivity index (χ1v) is 13.3. The van der Waals surface area contributed by atoms with Crippen LogP contribution in [-0.4, -0.2) is 36.1 Å². The Bertz CT molecular complexity index is 1190. The highest BCUT2D eigenvalue weighted by molar-refractivity contribution is 5.81. The van der Waals surface area contributed by atoms with Crippen molar-refractivity contribution >= 4 is 10.9 Å². The minimum atomic E-state index is 0.188. The highest BCUT2D eigenvalue weighted by Gasteiger charge is 2.49. The third kappa shape index (κ3) is 3.85. The Balaban J connectivity index is 1.15. The summed E-state index contributed by atoms with van der Waals surface area (Å²) in [6.07, 6.45) is 10.3. The Labute approximate surface area is 203 Å². The Hall–Kier alpha value is -2.61. The predicted octanol–water partition coefficient (Wildman–Crippen LogP) is 5.53. The van der Waals surface area contributed by atoms with E-state index in [0.717, 1.165) is 47.8 Å². The second-order valence-corrected chi connectivity index (χ2v) is 10.8. The van der Waals surface area contributed by atoms with Crippen LogP contribution in [0.2, 0.25) is 0 Å². The fourth-order valence-electron chi connectivity index (χ4n) is 7.37. The zero-order valence-corrected chi connectivity index (χ0v) is 20.2. The molecule has 1 saturated carbocycles. The van der Waals surface area contributed by atoms with E-state index in [1.54, 1.807) is 11.1 Å². The topological polar surface area (TPSA) is 54.9 Å². The molecule has 6 rings (SSSR count). The number of hydrogen-bond acceptors (Lipinski definition) is 3. The predicted molar refractivity (Wildman–Crippen MR) is 138 cm³/mol. The number of H-pyrrole nitrogens is 1. The van der Waals surface area contributed by atoms with Crippen LogP contribution in [-0.2, 0) is 18.4 Å². The van der Waals surface area contributed by atoms with E-state index >= 15 is 0 Å². The molecular formula is C30H36N4. The van der Waals surface area contributed by atoms with E-state index in [4.69, 9.17) is 5.26 Å². The van der Waals surface area contributed by atoms with Crippen molar-refractivity contribution in [2.24, 2.45) is 11.8 Å². The molecule has 0 spiro atoms. The molecule has 1 saturated heterocycles. The molecule has 3 aliphatic rings. The van der Waals surface area contributed by atoms with Gasteiger partial charge in [-0.05, 0) is 92.4 Å². The lowest BCUT2D eigenvalue weighted by molar-refractivity contribution is 0.0560. The smallest absolute Gasteiger partial charge is 0.0991 e. The highest BCUT2D eigenvalue weighted by atomic mass is 15.1. The van der Waals surface area contributed by atoms with Crippen LogP contribution in [0.15, 0.2) is 48.5 Å². The third-order valence-electron chi connectivity index (χ3n) is 9.01. The molecule has 1 atom stereocenters. The maximum absolute atomic E-state index is 9.16. The van der Waals surface area contributed by atoms with Crippen molar-refractivity contribution < 1.29 is 0 Å². The summed E-state index contributed by atoms with van der Waals surface area (Å²) in [4.78, 5) is 6.22. The van der Waals surface area contributed by atoms with E-state index in [2.05, 4.69) is 51.6 Å². The van der Waals surface area contributed by atoms with Crippen LogP contribution in [0.3, 0.4) is 0 Å². The van der Waals surface area contributed by atoms with E-state index in [-0.39, 0.29) is 5.54 Å².